The van der Waals surface area contributed by atoms with Gasteiger partial charge in [0.05, 0.1) is 17.8 Å². The van der Waals surface area contributed by atoms with Crippen molar-refractivity contribution in [2.75, 3.05) is 18.0 Å². The molecule has 1 saturated heterocycles. The number of amides is 2. The summed E-state index contributed by atoms with van der Waals surface area (Å²) in [5.41, 5.74) is 2.88. The molecular formula is C28H27ClN2O2S. The lowest BCUT2D eigenvalue weighted by Crippen LogP contribution is -2.42. The van der Waals surface area contributed by atoms with Crippen molar-refractivity contribution in [2.45, 2.75) is 36.6 Å². The van der Waals surface area contributed by atoms with E-state index in [1.165, 1.54) is 0 Å². The number of carbonyl (C=O) groups is 2. The molecule has 2 amide bonds. The third kappa shape index (κ3) is 4.47. The largest absolute Gasteiger partial charge is 0.338 e. The van der Waals surface area contributed by atoms with E-state index in [2.05, 4.69) is 13.8 Å². The molecule has 0 unspecified atom stereocenters. The Morgan fingerprint density at radius 3 is 2.44 bits per heavy atom. The zero-order valence-electron chi connectivity index (χ0n) is 19.3. The highest BCUT2D eigenvalue weighted by molar-refractivity contribution is 7.99. The molecule has 3 aromatic carbocycles. The minimum atomic E-state index is -0.0911. The van der Waals surface area contributed by atoms with E-state index in [0.29, 0.717) is 34.5 Å². The summed E-state index contributed by atoms with van der Waals surface area (Å²) in [4.78, 5) is 32.8. The fraction of sp³-hybridized carbons (Fsp3) is 0.286. The maximum Gasteiger partial charge on any atom is 0.259 e. The second-order valence-electron chi connectivity index (χ2n) is 9.42. The van der Waals surface area contributed by atoms with Gasteiger partial charge in [0.25, 0.3) is 11.8 Å². The molecule has 0 saturated carbocycles. The number of hydrogen-bond acceptors (Lipinski definition) is 3. The molecular weight excluding hydrogens is 464 g/mol. The van der Waals surface area contributed by atoms with Gasteiger partial charge in [0.2, 0.25) is 0 Å². The fourth-order valence-electron chi connectivity index (χ4n) is 5.02. The van der Waals surface area contributed by atoms with Gasteiger partial charge in [-0.05, 0) is 60.2 Å². The highest BCUT2D eigenvalue weighted by Gasteiger charge is 2.30. The number of anilines is 1. The van der Waals surface area contributed by atoms with Crippen LogP contribution in [-0.2, 0) is 6.54 Å². The number of likely N-dealkylation sites (tertiary alicyclic amines) is 1. The maximum atomic E-state index is 13.8. The molecule has 1 fully saturated rings. The van der Waals surface area contributed by atoms with Crippen LogP contribution in [0.4, 0.5) is 5.69 Å². The van der Waals surface area contributed by atoms with E-state index in [-0.39, 0.29) is 11.8 Å². The number of hydrogen-bond donors (Lipinski definition) is 0. The molecule has 0 bridgehead atoms. The van der Waals surface area contributed by atoms with E-state index in [4.69, 9.17) is 11.6 Å². The Balaban J connectivity index is 1.57. The van der Waals surface area contributed by atoms with Crippen LogP contribution in [0.2, 0.25) is 5.02 Å². The standard InChI is InChI=1S/C28H27ClN2O2S/c1-18-13-19(2)16-30(15-18)27(32)20-11-12-26-24(14-20)31(17-21-7-3-5-9-23(21)29)28(33)22-8-4-6-10-25(22)34-26/h3-12,14,18-19H,13,15-17H2,1-2H3/t18-,19-/m0/s1. The minimum absolute atomic E-state index is 0.0260. The van der Waals surface area contributed by atoms with Crippen molar-refractivity contribution in [3.63, 3.8) is 0 Å². The van der Waals surface area contributed by atoms with Gasteiger partial charge >= 0.3 is 0 Å². The van der Waals surface area contributed by atoms with Gasteiger partial charge in [-0.3, -0.25) is 9.59 Å². The van der Waals surface area contributed by atoms with Crippen molar-refractivity contribution in [1.29, 1.82) is 0 Å². The highest BCUT2D eigenvalue weighted by Crippen LogP contribution is 2.42. The van der Waals surface area contributed by atoms with Crippen LogP contribution < -0.4 is 4.90 Å². The summed E-state index contributed by atoms with van der Waals surface area (Å²) >= 11 is 8.03. The number of fused-ring (bicyclic) bond motifs is 2. The normalized spacial score (nSPS) is 19.9. The summed E-state index contributed by atoms with van der Waals surface area (Å²) in [5, 5.41) is 0.616. The van der Waals surface area contributed by atoms with Gasteiger partial charge < -0.3 is 9.80 Å². The molecule has 2 aliphatic rings. The topological polar surface area (TPSA) is 40.6 Å². The predicted molar refractivity (Wildman–Crippen MR) is 138 cm³/mol. The van der Waals surface area contributed by atoms with Crippen molar-refractivity contribution in [1.82, 2.24) is 4.90 Å². The van der Waals surface area contributed by atoms with Crippen molar-refractivity contribution in [3.05, 3.63) is 88.4 Å². The summed E-state index contributed by atoms with van der Waals surface area (Å²) in [5.74, 6) is 0.901. The summed E-state index contributed by atoms with van der Waals surface area (Å²) in [6.45, 7) is 6.26. The Labute approximate surface area is 209 Å². The van der Waals surface area contributed by atoms with Crippen LogP contribution in [0.5, 0.6) is 0 Å². The molecule has 3 aromatic rings. The number of rotatable bonds is 3. The number of benzene rings is 3. The Morgan fingerprint density at radius 2 is 1.68 bits per heavy atom. The van der Waals surface area contributed by atoms with E-state index >= 15 is 0 Å². The number of piperidine rings is 1. The fourth-order valence-corrected chi connectivity index (χ4v) is 6.27. The predicted octanol–water partition coefficient (Wildman–Crippen LogP) is 6.77. The molecule has 6 heteroatoms. The third-order valence-electron chi connectivity index (χ3n) is 6.52. The molecule has 0 aliphatic carbocycles. The second kappa shape index (κ2) is 9.47. The minimum Gasteiger partial charge on any atom is -0.338 e. The smallest absolute Gasteiger partial charge is 0.259 e. The lowest BCUT2D eigenvalue weighted by atomic mass is 9.91. The van der Waals surface area contributed by atoms with Crippen LogP contribution in [0, 0.1) is 11.8 Å². The van der Waals surface area contributed by atoms with Gasteiger partial charge in [0, 0.05) is 33.5 Å². The van der Waals surface area contributed by atoms with Gasteiger partial charge in [-0.1, -0.05) is 67.5 Å². The van der Waals surface area contributed by atoms with Gasteiger partial charge in [-0.25, -0.2) is 0 Å². The molecule has 0 spiro atoms. The van der Waals surface area contributed by atoms with Crippen LogP contribution in [-0.4, -0.2) is 29.8 Å². The van der Waals surface area contributed by atoms with E-state index in [1.54, 1.807) is 16.7 Å². The molecule has 34 heavy (non-hydrogen) atoms. The summed E-state index contributed by atoms with van der Waals surface area (Å²) < 4.78 is 0. The van der Waals surface area contributed by atoms with E-state index in [1.807, 2.05) is 71.6 Å². The molecule has 0 N–H and O–H groups in total. The van der Waals surface area contributed by atoms with Crippen LogP contribution in [0.1, 0.15) is 46.5 Å². The summed E-state index contributed by atoms with van der Waals surface area (Å²) in [6.07, 6.45) is 1.14. The van der Waals surface area contributed by atoms with Crippen LogP contribution in [0.15, 0.2) is 76.5 Å². The first-order chi connectivity index (χ1) is 16.4. The van der Waals surface area contributed by atoms with Crippen molar-refractivity contribution in [2.24, 2.45) is 11.8 Å². The van der Waals surface area contributed by atoms with Gasteiger partial charge in [0.1, 0.15) is 0 Å². The summed E-state index contributed by atoms with van der Waals surface area (Å²) in [6, 6.07) is 21.0. The quantitative estimate of drug-likeness (QED) is 0.406. The molecule has 174 valence electrons. The Hall–Kier alpha value is -2.76. The van der Waals surface area contributed by atoms with Crippen molar-refractivity contribution in [3.8, 4) is 0 Å². The number of carbonyl (C=O) groups excluding carboxylic acids is 2. The number of halogens is 1. The third-order valence-corrected chi connectivity index (χ3v) is 8.03. The van der Waals surface area contributed by atoms with E-state index in [0.717, 1.165) is 40.6 Å². The first-order valence-corrected chi connectivity index (χ1v) is 12.9. The average molecular weight is 491 g/mol. The Morgan fingerprint density at radius 1 is 0.971 bits per heavy atom. The van der Waals surface area contributed by atoms with Crippen molar-refractivity contribution >= 4 is 40.9 Å². The average Bonchev–Trinajstić information content (AvgIpc) is 2.93. The lowest BCUT2D eigenvalue weighted by Gasteiger charge is -2.35. The zero-order chi connectivity index (χ0) is 23.8. The van der Waals surface area contributed by atoms with Gasteiger partial charge in [-0.15, -0.1) is 0 Å². The first kappa shape index (κ1) is 23.0. The van der Waals surface area contributed by atoms with Crippen LogP contribution in [0.3, 0.4) is 0 Å². The van der Waals surface area contributed by atoms with Crippen LogP contribution in [0.25, 0.3) is 0 Å². The Bertz CT molecular complexity index is 1250. The molecule has 2 atom stereocenters. The molecule has 2 heterocycles. The van der Waals surface area contributed by atoms with E-state index < -0.39 is 0 Å². The molecule has 4 nitrogen and oxygen atoms in total. The first-order valence-electron chi connectivity index (χ1n) is 11.7. The second-order valence-corrected chi connectivity index (χ2v) is 10.9. The SMILES string of the molecule is C[C@H]1C[C@H](C)CN(C(=O)c2ccc3c(c2)N(Cc2ccccc2Cl)C(=O)c2ccccc2S3)C1. The monoisotopic (exact) mass is 490 g/mol. The number of nitrogens with zero attached hydrogens (tertiary/aromatic N) is 2. The van der Waals surface area contributed by atoms with Gasteiger partial charge in [-0.2, -0.15) is 0 Å². The molecule has 0 aromatic heterocycles. The van der Waals surface area contributed by atoms with Gasteiger partial charge in [0.15, 0.2) is 0 Å². The van der Waals surface area contributed by atoms with Crippen LogP contribution >= 0.6 is 23.4 Å². The molecule has 5 rings (SSSR count). The summed E-state index contributed by atoms with van der Waals surface area (Å²) in [7, 11) is 0. The van der Waals surface area contributed by atoms with E-state index in [9.17, 15) is 9.59 Å². The lowest BCUT2D eigenvalue weighted by molar-refractivity contribution is 0.0623. The molecule has 2 aliphatic heterocycles. The molecule has 0 radical (unpaired) electrons. The Kier molecular flexibility index (Phi) is 6.41. The zero-order valence-corrected chi connectivity index (χ0v) is 20.9. The van der Waals surface area contributed by atoms with Crippen molar-refractivity contribution < 1.29 is 9.59 Å². The highest BCUT2D eigenvalue weighted by atomic mass is 35.5. The maximum absolute atomic E-state index is 13.8.